The van der Waals surface area contributed by atoms with Gasteiger partial charge in [-0.3, -0.25) is 4.79 Å². The molecule has 6 heteroatoms. The Morgan fingerprint density at radius 1 is 1.07 bits per heavy atom. The molecule has 0 atom stereocenters. The Balaban J connectivity index is 1.95. The number of thiophene rings is 1. The number of hydrogen-bond donors (Lipinski definition) is 0. The van der Waals surface area contributed by atoms with Crippen molar-refractivity contribution in [3.05, 3.63) is 81.0 Å². The summed E-state index contributed by atoms with van der Waals surface area (Å²) in [6.07, 6.45) is 1.78. The maximum atomic E-state index is 14.7. The van der Waals surface area contributed by atoms with E-state index in [2.05, 4.69) is 0 Å². The molecule has 0 saturated heterocycles. The molecule has 0 aliphatic carbocycles. The highest BCUT2D eigenvalue weighted by atomic mass is 35.5. The fourth-order valence-electron chi connectivity index (χ4n) is 3.21. The van der Waals surface area contributed by atoms with Crippen molar-refractivity contribution in [2.75, 3.05) is 0 Å². The molecular weight excluding hydrogens is 409 g/mol. The Hall–Kier alpha value is -2.63. The summed E-state index contributed by atoms with van der Waals surface area (Å²) in [5.74, 6) is 1.20. The van der Waals surface area contributed by atoms with Crippen LogP contribution >= 0.6 is 22.9 Å². The normalized spacial score (nSPS) is 11.8. The van der Waals surface area contributed by atoms with Gasteiger partial charge < -0.3 is 9.30 Å². The second-order valence-electron chi connectivity index (χ2n) is 7.36. The smallest absolute Gasteiger partial charge is 0.259 e. The van der Waals surface area contributed by atoms with E-state index in [0.29, 0.717) is 27.5 Å². The Kier molecular flexibility index (Phi) is 4.97. The summed E-state index contributed by atoms with van der Waals surface area (Å²) in [5, 5.41) is 3.14. The van der Waals surface area contributed by atoms with Crippen LogP contribution in [0.25, 0.3) is 21.2 Å². The van der Waals surface area contributed by atoms with Crippen molar-refractivity contribution in [1.29, 1.82) is 0 Å². The van der Waals surface area contributed by atoms with E-state index in [-0.39, 0.29) is 5.56 Å². The Labute approximate surface area is 177 Å². The average molecular weight is 428 g/mol. The van der Waals surface area contributed by atoms with E-state index in [0.717, 1.165) is 15.8 Å². The summed E-state index contributed by atoms with van der Waals surface area (Å²) in [5.41, 5.74) is 0.517. The van der Waals surface area contributed by atoms with Crippen LogP contribution in [0, 0.1) is 0 Å². The van der Waals surface area contributed by atoms with Gasteiger partial charge in [-0.25, -0.2) is 4.39 Å². The molecule has 29 heavy (non-hydrogen) atoms. The fraction of sp³-hybridized carbons (Fsp3) is 0.174. The van der Waals surface area contributed by atoms with Gasteiger partial charge in [-0.15, -0.1) is 11.3 Å². The van der Waals surface area contributed by atoms with E-state index in [1.54, 1.807) is 60.3 Å². The third-order valence-corrected chi connectivity index (χ3v) is 5.98. The third-order valence-electron chi connectivity index (χ3n) is 4.78. The van der Waals surface area contributed by atoms with Gasteiger partial charge in [0.1, 0.15) is 17.2 Å². The summed E-state index contributed by atoms with van der Waals surface area (Å²) < 4.78 is 23.2. The first kappa shape index (κ1) is 19.7. The number of ether oxygens (including phenoxy) is 1. The van der Waals surface area contributed by atoms with Gasteiger partial charge in [0, 0.05) is 34.1 Å². The van der Waals surface area contributed by atoms with Gasteiger partial charge in [0.2, 0.25) is 0 Å². The lowest BCUT2D eigenvalue weighted by molar-refractivity contribution is 0.221. The number of benzene rings is 2. The maximum Gasteiger partial charge on any atom is 0.259 e. The largest absolute Gasteiger partial charge is 0.457 e. The lowest BCUT2D eigenvalue weighted by Gasteiger charge is -2.19. The van der Waals surface area contributed by atoms with Gasteiger partial charge in [-0.2, -0.15) is 0 Å². The van der Waals surface area contributed by atoms with Crippen LogP contribution in [-0.4, -0.2) is 4.57 Å². The van der Waals surface area contributed by atoms with Crippen LogP contribution < -0.4 is 10.3 Å². The minimum absolute atomic E-state index is 0.0628. The third kappa shape index (κ3) is 3.80. The van der Waals surface area contributed by atoms with Gasteiger partial charge >= 0.3 is 0 Å². The lowest BCUT2D eigenvalue weighted by Crippen LogP contribution is -2.15. The number of rotatable bonds is 4. The highest BCUT2D eigenvalue weighted by Crippen LogP contribution is 2.41. The molecular formula is C23H19ClFNO2S. The molecule has 0 aliphatic rings. The standard InChI is InChI=1S/C23H19ClFNO2S/c1-23(2,25)14-4-9-20(28-16-7-5-15(24)6-8-16)18(12-14)19-13-26(3)22(27)17-10-11-29-21(17)19/h4-13H,1-3H3. The predicted molar refractivity (Wildman–Crippen MR) is 118 cm³/mol. The number of nitrogens with zero attached hydrogens (tertiary/aromatic N) is 1. The molecule has 4 rings (SSSR count). The van der Waals surface area contributed by atoms with E-state index in [1.807, 2.05) is 11.4 Å². The van der Waals surface area contributed by atoms with Crippen molar-refractivity contribution >= 4 is 33.0 Å². The zero-order chi connectivity index (χ0) is 20.8. The van der Waals surface area contributed by atoms with Crippen LogP contribution in [0.15, 0.2) is 64.9 Å². The van der Waals surface area contributed by atoms with Crippen LogP contribution in [0.2, 0.25) is 5.02 Å². The molecule has 0 spiro atoms. The van der Waals surface area contributed by atoms with Crippen molar-refractivity contribution in [2.45, 2.75) is 19.5 Å². The Morgan fingerprint density at radius 2 is 1.79 bits per heavy atom. The van der Waals surface area contributed by atoms with Crippen LogP contribution in [0.5, 0.6) is 11.5 Å². The highest BCUT2D eigenvalue weighted by molar-refractivity contribution is 7.17. The van der Waals surface area contributed by atoms with Gasteiger partial charge in [-0.1, -0.05) is 17.7 Å². The van der Waals surface area contributed by atoms with Gasteiger partial charge in [0.25, 0.3) is 5.56 Å². The molecule has 0 unspecified atom stereocenters. The summed E-state index contributed by atoms with van der Waals surface area (Å²) >= 11 is 7.45. The molecule has 0 amide bonds. The van der Waals surface area contributed by atoms with E-state index in [1.165, 1.54) is 25.2 Å². The zero-order valence-electron chi connectivity index (χ0n) is 16.2. The van der Waals surface area contributed by atoms with Crippen molar-refractivity contribution in [1.82, 2.24) is 4.57 Å². The Bertz CT molecular complexity index is 1250. The second-order valence-corrected chi connectivity index (χ2v) is 8.71. The molecule has 0 bridgehead atoms. The molecule has 2 heterocycles. The number of pyridine rings is 1. The average Bonchev–Trinajstić information content (AvgIpc) is 3.16. The van der Waals surface area contributed by atoms with E-state index in [9.17, 15) is 9.18 Å². The van der Waals surface area contributed by atoms with E-state index in [4.69, 9.17) is 16.3 Å². The zero-order valence-corrected chi connectivity index (χ0v) is 17.8. The molecule has 0 fully saturated rings. The van der Waals surface area contributed by atoms with Gasteiger partial charge in [-0.05, 0) is 67.3 Å². The van der Waals surface area contributed by atoms with Crippen molar-refractivity contribution in [3.63, 3.8) is 0 Å². The quantitative estimate of drug-likeness (QED) is 0.354. The van der Waals surface area contributed by atoms with Crippen LogP contribution in [0.1, 0.15) is 19.4 Å². The lowest BCUT2D eigenvalue weighted by atomic mass is 9.95. The maximum absolute atomic E-state index is 14.7. The summed E-state index contributed by atoms with van der Waals surface area (Å²) in [4.78, 5) is 12.5. The SMILES string of the molecule is Cn1cc(-c2cc(C(C)(C)F)ccc2Oc2ccc(Cl)cc2)c2sccc2c1=O. The predicted octanol–water partition coefficient (Wildman–Crippen LogP) is 6.92. The molecule has 2 aromatic carbocycles. The highest BCUT2D eigenvalue weighted by Gasteiger charge is 2.22. The van der Waals surface area contributed by atoms with Crippen LogP contribution in [0.4, 0.5) is 4.39 Å². The van der Waals surface area contributed by atoms with Crippen LogP contribution in [-0.2, 0) is 12.7 Å². The molecule has 0 aliphatic heterocycles. The number of alkyl halides is 1. The molecule has 3 nitrogen and oxygen atoms in total. The fourth-order valence-corrected chi connectivity index (χ4v) is 4.25. The van der Waals surface area contributed by atoms with E-state index >= 15 is 0 Å². The van der Waals surface area contributed by atoms with Crippen molar-refractivity contribution in [2.24, 2.45) is 7.05 Å². The van der Waals surface area contributed by atoms with E-state index < -0.39 is 5.67 Å². The number of aromatic nitrogens is 1. The minimum Gasteiger partial charge on any atom is -0.457 e. The van der Waals surface area contributed by atoms with Crippen molar-refractivity contribution < 1.29 is 9.13 Å². The van der Waals surface area contributed by atoms with Crippen LogP contribution in [0.3, 0.4) is 0 Å². The first-order valence-electron chi connectivity index (χ1n) is 9.08. The summed E-state index contributed by atoms with van der Waals surface area (Å²) in [6.45, 7) is 3.04. The molecule has 0 N–H and O–H groups in total. The minimum atomic E-state index is -1.51. The number of aryl methyl sites for hydroxylation is 1. The first-order valence-corrected chi connectivity index (χ1v) is 10.3. The molecule has 148 valence electrons. The number of hydrogen-bond acceptors (Lipinski definition) is 3. The summed E-state index contributed by atoms with van der Waals surface area (Å²) in [6, 6.07) is 14.2. The second kappa shape index (κ2) is 7.32. The van der Waals surface area contributed by atoms with Crippen molar-refractivity contribution in [3.8, 4) is 22.6 Å². The molecule has 0 saturated carbocycles. The topological polar surface area (TPSA) is 31.2 Å². The molecule has 4 aromatic rings. The Morgan fingerprint density at radius 3 is 2.48 bits per heavy atom. The summed E-state index contributed by atoms with van der Waals surface area (Å²) in [7, 11) is 1.71. The first-order chi connectivity index (χ1) is 13.7. The van der Waals surface area contributed by atoms with Gasteiger partial charge in [0.15, 0.2) is 0 Å². The monoisotopic (exact) mass is 427 g/mol. The molecule has 0 radical (unpaired) electrons. The number of fused-ring (bicyclic) bond motifs is 1. The number of halogens is 2. The van der Waals surface area contributed by atoms with Gasteiger partial charge in [0.05, 0.1) is 5.39 Å². The molecule has 2 aromatic heterocycles.